The van der Waals surface area contributed by atoms with E-state index in [1.54, 1.807) is 0 Å². The van der Waals surface area contributed by atoms with Gasteiger partial charge in [0, 0.05) is 39.4 Å². The largest absolute Gasteiger partial charge is 0.382 e. The molecule has 1 amide bonds. The highest BCUT2D eigenvalue weighted by Gasteiger charge is 2.23. The van der Waals surface area contributed by atoms with Crippen molar-refractivity contribution in [2.45, 2.75) is 33.2 Å². The zero-order valence-electron chi connectivity index (χ0n) is 12.7. The zero-order chi connectivity index (χ0) is 14.1. The summed E-state index contributed by atoms with van der Waals surface area (Å²) < 4.78 is 5.28. The van der Waals surface area contributed by atoms with Gasteiger partial charge >= 0.3 is 0 Å². The van der Waals surface area contributed by atoms with E-state index >= 15 is 0 Å². The molecule has 0 bridgehead atoms. The Morgan fingerprint density at radius 3 is 2.53 bits per heavy atom. The van der Waals surface area contributed by atoms with E-state index in [4.69, 9.17) is 4.74 Å². The Hall–Kier alpha value is -0.650. The van der Waals surface area contributed by atoms with Gasteiger partial charge in [0.25, 0.3) is 0 Å². The molecule has 1 heterocycles. The molecule has 0 spiro atoms. The number of nitrogens with zero attached hydrogens (tertiary/aromatic N) is 2. The third-order valence-corrected chi connectivity index (χ3v) is 3.62. The SMILES string of the molecule is CCOCCCNC(C)C(=O)N1CCN(CC)CC1. The minimum absolute atomic E-state index is 0.0881. The van der Waals surface area contributed by atoms with Gasteiger partial charge in [0.2, 0.25) is 5.91 Å². The highest BCUT2D eigenvalue weighted by molar-refractivity contribution is 5.81. The molecule has 0 radical (unpaired) electrons. The fourth-order valence-corrected chi connectivity index (χ4v) is 2.28. The average molecular weight is 271 g/mol. The molecule has 19 heavy (non-hydrogen) atoms. The first-order chi connectivity index (χ1) is 9.19. The number of ether oxygens (including phenoxy) is 1. The first-order valence-corrected chi connectivity index (χ1v) is 7.51. The Morgan fingerprint density at radius 2 is 1.95 bits per heavy atom. The van der Waals surface area contributed by atoms with E-state index in [1.807, 2.05) is 18.7 Å². The van der Waals surface area contributed by atoms with E-state index in [2.05, 4.69) is 17.1 Å². The molecule has 0 aliphatic carbocycles. The second kappa shape index (κ2) is 9.28. The predicted molar refractivity (Wildman–Crippen MR) is 77.3 cm³/mol. The molecule has 1 saturated heterocycles. The minimum Gasteiger partial charge on any atom is -0.382 e. The Balaban J connectivity index is 2.17. The fourth-order valence-electron chi connectivity index (χ4n) is 2.28. The van der Waals surface area contributed by atoms with Crippen molar-refractivity contribution in [2.75, 3.05) is 52.5 Å². The molecule has 0 aromatic rings. The molecule has 1 aliphatic heterocycles. The van der Waals surface area contributed by atoms with Crippen LogP contribution in [0.4, 0.5) is 0 Å². The lowest BCUT2D eigenvalue weighted by Crippen LogP contribution is -2.53. The van der Waals surface area contributed by atoms with E-state index in [0.29, 0.717) is 0 Å². The van der Waals surface area contributed by atoms with Gasteiger partial charge in [-0.3, -0.25) is 4.79 Å². The van der Waals surface area contributed by atoms with E-state index in [-0.39, 0.29) is 11.9 Å². The molecule has 1 atom stereocenters. The van der Waals surface area contributed by atoms with Crippen LogP contribution in [0.3, 0.4) is 0 Å². The normalized spacial score (nSPS) is 18.6. The maximum Gasteiger partial charge on any atom is 0.239 e. The summed E-state index contributed by atoms with van der Waals surface area (Å²) in [6.07, 6.45) is 0.953. The van der Waals surface area contributed by atoms with Gasteiger partial charge in [-0.15, -0.1) is 0 Å². The molecule has 0 aromatic heterocycles. The van der Waals surface area contributed by atoms with Crippen LogP contribution in [-0.2, 0) is 9.53 Å². The molecule has 1 rings (SSSR count). The van der Waals surface area contributed by atoms with Crippen LogP contribution in [0, 0.1) is 0 Å². The van der Waals surface area contributed by atoms with Crippen molar-refractivity contribution in [3.63, 3.8) is 0 Å². The second-order valence-electron chi connectivity index (χ2n) is 4.99. The third kappa shape index (κ3) is 5.89. The molecule has 112 valence electrons. The van der Waals surface area contributed by atoms with Crippen LogP contribution in [0.5, 0.6) is 0 Å². The summed E-state index contributed by atoms with van der Waals surface area (Å²) in [5, 5.41) is 3.28. The van der Waals surface area contributed by atoms with Crippen molar-refractivity contribution in [1.82, 2.24) is 15.1 Å². The summed E-state index contributed by atoms with van der Waals surface area (Å²) in [5.74, 6) is 0.229. The number of nitrogens with one attached hydrogen (secondary N) is 1. The number of likely N-dealkylation sites (N-methyl/N-ethyl adjacent to an activating group) is 1. The summed E-state index contributed by atoms with van der Waals surface area (Å²) in [7, 11) is 0. The van der Waals surface area contributed by atoms with Crippen molar-refractivity contribution in [3.8, 4) is 0 Å². The number of hydrogen-bond donors (Lipinski definition) is 1. The van der Waals surface area contributed by atoms with Gasteiger partial charge in [0.05, 0.1) is 6.04 Å². The molecule has 5 heteroatoms. The number of rotatable bonds is 8. The van der Waals surface area contributed by atoms with Crippen LogP contribution in [-0.4, -0.2) is 74.2 Å². The lowest BCUT2D eigenvalue weighted by Gasteiger charge is -2.35. The summed E-state index contributed by atoms with van der Waals surface area (Å²) >= 11 is 0. The van der Waals surface area contributed by atoms with Crippen molar-refractivity contribution in [3.05, 3.63) is 0 Å². The molecule has 1 aliphatic rings. The van der Waals surface area contributed by atoms with Gasteiger partial charge < -0.3 is 19.9 Å². The van der Waals surface area contributed by atoms with Crippen molar-refractivity contribution >= 4 is 5.91 Å². The van der Waals surface area contributed by atoms with Crippen LogP contribution in [0.25, 0.3) is 0 Å². The fraction of sp³-hybridized carbons (Fsp3) is 0.929. The summed E-state index contributed by atoms with van der Waals surface area (Å²) in [6, 6.07) is -0.0881. The summed E-state index contributed by atoms with van der Waals surface area (Å²) in [5.41, 5.74) is 0. The molecule has 0 saturated carbocycles. The first kappa shape index (κ1) is 16.4. The Labute approximate surface area is 117 Å². The number of piperazine rings is 1. The highest BCUT2D eigenvalue weighted by Crippen LogP contribution is 2.03. The van der Waals surface area contributed by atoms with Gasteiger partial charge in [-0.2, -0.15) is 0 Å². The van der Waals surface area contributed by atoms with Crippen LogP contribution in [0.1, 0.15) is 27.2 Å². The van der Waals surface area contributed by atoms with E-state index in [9.17, 15) is 4.79 Å². The van der Waals surface area contributed by atoms with Gasteiger partial charge in [-0.25, -0.2) is 0 Å². The minimum atomic E-state index is -0.0881. The van der Waals surface area contributed by atoms with E-state index in [0.717, 1.165) is 58.9 Å². The molecule has 1 N–H and O–H groups in total. The van der Waals surface area contributed by atoms with E-state index in [1.165, 1.54) is 0 Å². The van der Waals surface area contributed by atoms with Crippen molar-refractivity contribution < 1.29 is 9.53 Å². The predicted octanol–water partition coefficient (Wildman–Crippen LogP) is 0.555. The van der Waals surface area contributed by atoms with E-state index < -0.39 is 0 Å². The van der Waals surface area contributed by atoms with Gasteiger partial charge in [-0.05, 0) is 33.4 Å². The zero-order valence-corrected chi connectivity index (χ0v) is 12.7. The van der Waals surface area contributed by atoms with Crippen molar-refractivity contribution in [2.24, 2.45) is 0 Å². The Kier molecular flexibility index (Phi) is 8.02. The number of carbonyl (C=O) groups is 1. The maximum absolute atomic E-state index is 12.2. The Bertz CT molecular complexity index is 253. The second-order valence-corrected chi connectivity index (χ2v) is 4.99. The topological polar surface area (TPSA) is 44.8 Å². The van der Waals surface area contributed by atoms with Gasteiger partial charge in [-0.1, -0.05) is 6.92 Å². The Morgan fingerprint density at radius 1 is 1.26 bits per heavy atom. The molecular weight excluding hydrogens is 242 g/mol. The van der Waals surface area contributed by atoms with Gasteiger partial charge in [0.15, 0.2) is 0 Å². The maximum atomic E-state index is 12.2. The quantitative estimate of drug-likeness (QED) is 0.655. The lowest BCUT2D eigenvalue weighted by molar-refractivity contribution is -0.134. The van der Waals surface area contributed by atoms with Crippen LogP contribution < -0.4 is 5.32 Å². The van der Waals surface area contributed by atoms with Crippen molar-refractivity contribution in [1.29, 1.82) is 0 Å². The van der Waals surface area contributed by atoms with Crippen LogP contribution in [0.15, 0.2) is 0 Å². The smallest absolute Gasteiger partial charge is 0.239 e. The monoisotopic (exact) mass is 271 g/mol. The van der Waals surface area contributed by atoms with Crippen LogP contribution in [0.2, 0.25) is 0 Å². The summed E-state index contributed by atoms with van der Waals surface area (Å²) in [4.78, 5) is 16.6. The number of carbonyl (C=O) groups excluding carboxylic acids is 1. The molecule has 1 unspecified atom stereocenters. The average Bonchev–Trinajstić information content (AvgIpc) is 2.46. The first-order valence-electron chi connectivity index (χ1n) is 7.51. The summed E-state index contributed by atoms with van der Waals surface area (Å²) in [6.45, 7) is 13.3. The highest BCUT2D eigenvalue weighted by atomic mass is 16.5. The third-order valence-electron chi connectivity index (χ3n) is 3.62. The number of amides is 1. The van der Waals surface area contributed by atoms with Crippen LogP contribution >= 0.6 is 0 Å². The molecular formula is C14H29N3O2. The number of hydrogen-bond acceptors (Lipinski definition) is 4. The standard InChI is InChI=1S/C14H29N3O2/c1-4-16-8-10-17(11-9-16)14(18)13(3)15-7-6-12-19-5-2/h13,15H,4-12H2,1-3H3. The van der Waals surface area contributed by atoms with Gasteiger partial charge in [0.1, 0.15) is 0 Å². The molecule has 5 nitrogen and oxygen atoms in total. The molecule has 1 fully saturated rings. The molecule has 0 aromatic carbocycles. The lowest BCUT2D eigenvalue weighted by atomic mass is 10.2.